The Bertz CT molecular complexity index is 886. The number of halogens is 1. The molecule has 0 saturated carbocycles. The van der Waals surface area contributed by atoms with Crippen LogP contribution in [-0.4, -0.2) is 27.1 Å². The third-order valence-electron chi connectivity index (χ3n) is 3.98. The predicted molar refractivity (Wildman–Crippen MR) is 106 cm³/mol. The Kier molecular flexibility index (Phi) is 6.31. The molecule has 1 N–H and O–H groups in total. The highest BCUT2D eigenvalue weighted by Gasteiger charge is 2.24. The van der Waals surface area contributed by atoms with Gasteiger partial charge in [-0.25, -0.2) is 8.42 Å². The van der Waals surface area contributed by atoms with Crippen LogP contribution in [0.4, 0.5) is 5.69 Å². The molecule has 26 heavy (non-hydrogen) atoms. The zero-order valence-electron chi connectivity index (χ0n) is 15.3. The topological polar surface area (TPSA) is 66.5 Å². The maximum atomic E-state index is 12.4. The lowest BCUT2D eigenvalue weighted by molar-refractivity contribution is -0.119. The highest BCUT2D eigenvalue weighted by Crippen LogP contribution is 2.28. The van der Waals surface area contributed by atoms with Gasteiger partial charge in [-0.05, 0) is 49.6 Å². The molecule has 0 saturated heterocycles. The third kappa shape index (κ3) is 5.22. The number of aryl methyl sites for hydroxylation is 3. The second-order valence-corrected chi connectivity index (χ2v) is 8.76. The van der Waals surface area contributed by atoms with Crippen LogP contribution in [0, 0.1) is 20.8 Å². The van der Waals surface area contributed by atoms with Crippen molar-refractivity contribution in [2.24, 2.45) is 0 Å². The van der Waals surface area contributed by atoms with Crippen LogP contribution in [-0.2, 0) is 21.4 Å². The van der Waals surface area contributed by atoms with Gasteiger partial charge in [0.25, 0.3) is 0 Å². The molecule has 0 aromatic heterocycles. The standard InChI is InChI=1S/C19H23ClN2O3S/c1-13-9-14(2)19(15(3)10-13)22(26(4,24)25)12-18(23)21-11-16-5-7-17(20)8-6-16/h5-10H,11-12H2,1-4H3,(H,21,23). The molecule has 1 amide bonds. The normalized spacial score (nSPS) is 11.3. The van der Waals surface area contributed by atoms with Crippen LogP contribution < -0.4 is 9.62 Å². The van der Waals surface area contributed by atoms with E-state index in [4.69, 9.17) is 11.6 Å². The summed E-state index contributed by atoms with van der Waals surface area (Å²) in [6.07, 6.45) is 1.11. The highest BCUT2D eigenvalue weighted by atomic mass is 35.5. The molecule has 0 aliphatic heterocycles. The first-order chi connectivity index (χ1) is 12.1. The van der Waals surface area contributed by atoms with Gasteiger partial charge in [-0.15, -0.1) is 0 Å². The van der Waals surface area contributed by atoms with E-state index in [9.17, 15) is 13.2 Å². The number of anilines is 1. The quantitative estimate of drug-likeness (QED) is 0.817. The number of rotatable bonds is 6. The van der Waals surface area contributed by atoms with Crippen molar-refractivity contribution in [1.82, 2.24) is 5.32 Å². The number of nitrogens with zero attached hydrogens (tertiary/aromatic N) is 1. The van der Waals surface area contributed by atoms with Crippen LogP contribution in [0.3, 0.4) is 0 Å². The van der Waals surface area contributed by atoms with Crippen LogP contribution in [0.1, 0.15) is 22.3 Å². The second kappa shape index (κ2) is 8.10. The Morgan fingerprint density at radius 3 is 2.12 bits per heavy atom. The molecular formula is C19H23ClN2O3S. The van der Waals surface area contributed by atoms with Gasteiger partial charge in [0, 0.05) is 11.6 Å². The van der Waals surface area contributed by atoms with Crippen molar-refractivity contribution >= 4 is 33.2 Å². The van der Waals surface area contributed by atoms with E-state index >= 15 is 0 Å². The van der Waals surface area contributed by atoms with E-state index in [1.807, 2.05) is 45.0 Å². The van der Waals surface area contributed by atoms with E-state index in [2.05, 4.69) is 5.32 Å². The second-order valence-electron chi connectivity index (χ2n) is 6.42. The Balaban J connectivity index is 2.19. The molecule has 2 aromatic rings. The van der Waals surface area contributed by atoms with Gasteiger partial charge in [-0.1, -0.05) is 41.4 Å². The van der Waals surface area contributed by atoms with Crippen LogP contribution in [0.2, 0.25) is 5.02 Å². The van der Waals surface area contributed by atoms with Gasteiger partial charge < -0.3 is 5.32 Å². The van der Waals surface area contributed by atoms with E-state index in [0.29, 0.717) is 17.3 Å². The Labute approximate surface area is 160 Å². The molecule has 0 bridgehead atoms. The largest absolute Gasteiger partial charge is 0.350 e. The summed E-state index contributed by atoms with van der Waals surface area (Å²) < 4.78 is 25.8. The van der Waals surface area contributed by atoms with E-state index in [0.717, 1.165) is 32.8 Å². The number of nitrogens with one attached hydrogen (secondary N) is 1. The molecule has 0 heterocycles. The van der Waals surface area contributed by atoms with E-state index in [1.54, 1.807) is 12.1 Å². The van der Waals surface area contributed by atoms with Gasteiger partial charge in [-0.3, -0.25) is 9.10 Å². The van der Waals surface area contributed by atoms with Gasteiger partial charge in [0.1, 0.15) is 6.54 Å². The molecule has 140 valence electrons. The van der Waals surface area contributed by atoms with Crippen molar-refractivity contribution in [3.63, 3.8) is 0 Å². The van der Waals surface area contributed by atoms with Crippen LogP contribution in [0.5, 0.6) is 0 Å². The summed E-state index contributed by atoms with van der Waals surface area (Å²) >= 11 is 5.84. The summed E-state index contributed by atoms with van der Waals surface area (Å²) in [6.45, 7) is 5.68. The summed E-state index contributed by atoms with van der Waals surface area (Å²) in [5.74, 6) is -0.371. The first kappa shape index (κ1) is 20.3. The molecule has 2 aromatic carbocycles. The van der Waals surface area contributed by atoms with E-state index < -0.39 is 10.0 Å². The molecular weight excluding hydrogens is 372 g/mol. The highest BCUT2D eigenvalue weighted by molar-refractivity contribution is 7.92. The van der Waals surface area contributed by atoms with Gasteiger partial charge in [0.05, 0.1) is 11.9 Å². The van der Waals surface area contributed by atoms with Crippen LogP contribution in [0.25, 0.3) is 0 Å². The summed E-state index contributed by atoms with van der Waals surface area (Å²) in [7, 11) is -3.60. The fraction of sp³-hybridized carbons (Fsp3) is 0.316. The molecule has 0 radical (unpaired) electrons. The minimum absolute atomic E-state index is 0.267. The van der Waals surface area contributed by atoms with Crippen molar-refractivity contribution in [3.8, 4) is 0 Å². The number of hydrogen-bond acceptors (Lipinski definition) is 3. The predicted octanol–water partition coefficient (Wildman–Crippen LogP) is 3.35. The van der Waals surface area contributed by atoms with E-state index in [-0.39, 0.29) is 12.5 Å². The smallest absolute Gasteiger partial charge is 0.241 e. The average molecular weight is 395 g/mol. The summed E-state index contributed by atoms with van der Waals surface area (Å²) in [6, 6.07) is 10.9. The molecule has 0 unspecified atom stereocenters. The van der Waals surface area contributed by atoms with Gasteiger partial charge in [0.15, 0.2) is 0 Å². The van der Waals surface area contributed by atoms with Crippen molar-refractivity contribution < 1.29 is 13.2 Å². The van der Waals surface area contributed by atoms with Crippen molar-refractivity contribution in [1.29, 1.82) is 0 Å². The van der Waals surface area contributed by atoms with Crippen LogP contribution >= 0.6 is 11.6 Å². The van der Waals surface area contributed by atoms with Gasteiger partial charge in [0.2, 0.25) is 15.9 Å². The van der Waals surface area contributed by atoms with Crippen molar-refractivity contribution in [3.05, 3.63) is 63.7 Å². The lowest BCUT2D eigenvalue weighted by Crippen LogP contribution is -2.40. The third-order valence-corrected chi connectivity index (χ3v) is 5.34. The SMILES string of the molecule is Cc1cc(C)c(N(CC(=O)NCc2ccc(Cl)cc2)S(C)(=O)=O)c(C)c1. The molecule has 0 aliphatic rings. The maximum absolute atomic E-state index is 12.4. The van der Waals surface area contributed by atoms with Gasteiger partial charge in [-0.2, -0.15) is 0 Å². The summed E-state index contributed by atoms with van der Waals surface area (Å²) in [5, 5.41) is 3.37. The maximum Gasteiger partial charge on any atom is 0.241 e. The lowest BCUT2D eigenvalue weighted by Gasteiger charge is -2.26. The minimum atomic E-state index is -3.60. The number of benzene rings is 2. The van der Waals surface area contributed by atoms with Crippen molar-refractivity contribution in [2.45, 2.75) is 27.3 Å². The van der Waals surface area contributed by atoms with Gasteiger partial charge >= 0.3 is 0 Å². The molecule has 0 fully saturated rings. The zero-order valence-corrected chi connectivity index (χ0v) is 16.9. The van der Waals surface area contributed by atoms with Crippen LogP contribution in [0.15, 0.2) is 36.4 Å². The molecule has 5 nitrogen and oxygen atoms in total. The fourth-order valence-corrected chi connectivity index (χ4v) is 4.01. The Morgan fingerprint density at radius 1 is 1.08 bits per heavy atom. The fourth-order valence-electron chi connectivity index (χ4n) is 2.92. The monoisotopic (exact) mass is 394 g/mol. The lowest BCUT2D eigenvalue weighted by atomic mass is 10.1. The number of carbonyl (C=O) groups excluding carboxylic acids is 1. The minimum Gasteiger partial charge on any atom is -0.350 e. The number of amides is 1. The number of sulfonamides is 1. The first-order valence-corrected chi connectivity index (χ1v) is 10.4. The average Bonchev–Trinajstić information content (AvgIpc) is 2.51. The summed E-state index contributed by atoms with van der Waals surface area (Å²) in [5.41, 5.74) is 4.12. The number of hydrogen-bond donors (Lipinski definition) is 1. The van der Waals surface area contributed by atoms with E-state index in [1.165, 1.54) is 0 Å². The first-order valence-electron chi connectivity index (χ1n) is 8.14. The molecule has 7 heteroatoms. The molecule has 0 spiro atoms. The molecule has 0 atom stereocenters. The Hall–Kier alpha value is -2.05. The zero-order chi connectivity index (χ0) is 19.5. The van der Waals surface area contributed by atoms with Crippen molar-refractivity contribution in [2.75, 3.05) is 17.1 Å². The summed E-state index contributed by atoms with van der Waals surface area (Å²) in [4.78, 5) is 12.4. The molecule has 2 rings (SSSR count). The number of carbonyl (C=O) groups is 1. The molecule has 0 aliphatic carbocycles. The Morgan fingerprint density at radius 2 is 1.62 bits per heavy atom.